The summed E-state index contributed by atoms with van der Waals surface area (Å²) in [4.78, 5) is 73.3. The van der Waals surface area contributed by atoms with Gasteiger partial charge < -0.3 is 14.6 Å². The number of piperidine rings is 2. The number of aliphatic hydroxyl groups is 1. The van der Waals surface area contributed by atoms with Gasteiger partial charge in [0, 0.05) is 54.5 Å². The van der Waals surface area contributed by atoms with Gasteiger partial charge in [-0.2, -0.15) is 0 Å². The fourth-order valence-corrected chi connectivity index (χ4v) is 8.41. The van der Waals surface area contributed by atoms with Crippen molar-refractivity contribution in [1.82, 2.24) is 19.8 Å². The minimum atomic E-state index is -0.701. The van der Waals surface area contributed by atoms with Gasteiger partial charge in [-0.15, -0.1) is 0 Å². The highest BCUT2D eigenvalue weighted by molar-refractivity contribution is 14.1. The Morgan fingerprint density at radius 2 is 0.983 bits per heavy atom. The number of carbonyl (C=O) groups excluding carboxylic acids is 4. The number of alkyl halides is 1. The number of aryl methyl sites for hydroxylation is 2. The Bertz CT molecular complexity index is 2090. The van der Waals surface area contributed by atoms with Gasteiger partial charge in [0.2, 0.25) is 23.6 Å². The Labute approximate surface area is 364 Å². The van der Waals surface area contributed by atoms with E-state index < -0.39 is 23.9 Å². The number of imide groups is 2. The van der Waals surface area contributed by atoms with E-state index in [0.29, 0.717) is 48.6 Å². The third-order valence-corrected chi connectivity index (χ3v) is 11.9. The fraction of sp³-hybridized carbons (Fsp3) is 0.522. The number of fused-ring (bicyclic) bond motifs is 2. The number of rotatable bonds is 20. The van der Waals surface area contributed by atoms with Crippen LogP contribution >= 0.6 is 22.6 Å². The zero-order chi connectivity index (χ0) is 43.0. The van der Waals surface area contributed by atoms with Crippen molar-refractivity contribution in [3.05, 3.63) is 80.4 Å². The Kier molecular flexibility index (Phi) is 18.2. The van der Waals surface area contributed by atoms with Crippen molar-refractivity contribution in [2.24, 2.45) is 0 Å². The topological polar surface area (TPSA) is 175 Å². The van der Waals surface area contributed by atoms with Crippen LogP contribution in [-0.4, -0.2) is 62.1 Å². The summed E-state index contributed by atoms with van der Waals surface area (Å²) >= 11 is 2.42. The maximum Gasteiger partial charge on any atom is 0.252 e. The lowest BCUT2D eigenvalue weighted by molar-refractivity contribution is -0.137. The first-order valence-electron chi connectivity index (χ1n) is 21.4. The summed E-state index contributed by atoms with van der Waals surface area (Å²) in [6, 6.07) is 13.0. The van der Waals surface area contributed by atoms with E-state index in [1.54, 1.807) is 6.07 Å². The molecule has 13 nitrogen and oxygen atoms in total. The number of pyridine rings is 2. The van der Waals surface area contributed by atoms with Crippen molar-refractivity contribution in [3.63, 3.8) is 0 Å². The number of hydrogen-bond acceptors (Lipinski definition) is 9. The second kappa shape index (κ2) is 23.4. The first-order valence-corrected chi connectivity index (χ1v) is 23.0. The van der Waals surface area contributed by atoms with Crippen LogP contribution in [0.2, 0.25) is 0 Å². The molecule has 60 heavy (non-hydrogen) atoms. The number of amides is 4. The van der Waals surface area contributed by atoms with Gasteiger partial charge in [0.15, 0.2) is 0 Å². The average molecular weight is 939 g/mol. The Morgan fingerprint density at radius 1 is 0.583 bits per heavy atom. The molecular weight excluding hydrogens is 879 g/mol. The molecule has 0 bridgehead atoms. The number of benzene rings is 2. The molecule has 4 amide bonds. The molecular formula is C46H59IN4O9. The van der Waals surface area contributed by atoms with Crippen LogP contribution in [0.3, 0.4) is 0 Å². The second-order valence-electron chi connectivity index (χ2n) is 15.7. The van der Waals surface area contributed by atoms with Crippen LogP contribution < -0.4 is 31.2 Å². The molecule has 324 valence electrons. The average Bonchev–Trinajstić information content (AvgIpc) is 3.21. The molecule has 2 unspecified atom stereocenters. The lowest BCUT2D eigenvalue weighted by Crippen LogP contribution is -2.44. The predicted molar refractivity (Wildman–Crippen MR) is 241 cm³/mol. The second-order valence-corrected chi connectivity index (χ2v) is 16.8. The minimum absolute atomic E-state index is 0.215. The van der Waals surface area contributed by atoms with Crippen molar-refractivity contribution >= 4 is 68.0 Å². The van der Waals surface area contributed by atoms with Crippen LogP contribution in [0, 0.1) is 13.8 Å². The summed E-state index contributed by atoms with van der Waals surface area (Å²) in [5.74, 6) is -0.106. The number of nitrogens with one attached hydrogen (secondary N) is 2. The number of aromatic nitrogens is 2. The number of carbonyl (C=O) groups is 4. The third-order valence-electron chi connectivity index (χ3n) is 11.1. The molecule has 6 rings (SSSR count). The lowest BCUT2D eigenvalue weighted by atomic mass is 10.0. The zero-order valence-corrected chi connectivity index (χ0v) is 37.1. The van der Waals surface area contributed by atoms with Crippen LogP contribution in [0.5, 0.6) is 11.5 Å². The van der Waals surface area contributed by atoms with Crippen molar-refractivity contribution in [1.29, 1.82) is 0 Å². The first kappa shape index (κ1) is 46.5. The van der Waals surface area contributed by atoms with Gasteiger partial charge in [-0.1, -0.05) is 74.0 Å². The van der Waals surface area contributed by atoms with Crippen molar-refractivity contribution in [2.45, 2.75) is 129 Å². The molecule has 0 saturated carbocycles. The maximum atomic E-state index is 12.8. The molecule has 2 aromatic carbocycles. The van der Waals surface area contributed by atoms with Crippen LogP contribution in [0.15, 0.2) is 58.1 Å². The summed E-state index contributed by atoms with van der Waals surface area (Å²) in [6.45, 7) is 5.23. The smallest absolute Gasteiger partial charge is 0.252 e. The molecule has 0 spiro atoms. The maximum absolute atomic E-state index is 12.8. The van der Waals surface area contributed by atoms with Gasteiger partial charge in [-0.3, -0.25) is 48.5 Å². The summed E-state index contributed by atoms with van der Waals surface area (Å²) in [5.41, 5.74) is 2.53. The van der Waals surface area contributed by atoms with E-state index in [4.69, 9.17) is 14.6 Å². The van der Waals surface area contributed by atoms with Gasteiger partial charge >= 0.3 is 0 Å². The van der Waals surface area contributed by atoms with Crippen LogP contribution in [0.1, 0.15) is 126 Å². The molecule has 4 aromatic rings. The number of nitrogens with zero attached hydrogens (tertiary/aromatic N) is 2. The van der Waals surface area contributed by atoms with E-state index in [1.165, 1.54) is 45.3 Å². The monoisotopic (exact) mass is 938 g/mol. The molecule has 2 aliphatic rings. The molecule has 2 saturated heterocycles. The highest BCUT2D eigenvalue weighted by atomic mass is 127. The number of aliphatic hydroxyl groups excluding tert-OH is 1. The van der Waals surface area contributed by atoms with E-state index in [2.05, 4.69) is 33.2 Å². The van der Waals surface area contributed by atoms with E-state index in [1.807, 2.05) is 50.2 Å². The lowest BCUT2D eigenvalue weighted by Gasteiger charge is -2.25. The van der Waals surface area contributed by atoms with Crippen molar-refractivity contribution in [2.75, 3.05) is 24.2 Å². The standard InChI is InChI=1S/C23H29IN2O4.C23H30N2O5/c1-16-14-22(28)26(19-10-11-21(27)25-23(19)29)20-15-17(8-9-18(16)20)30-13-7-5-3-2-4-6-12-24;1-16-14-22(28)25(19-10-11-21(27)24-23(19)29)20-15-17(8-9-18(16)20)30-13-7-5-3-2-4-6-12-26/h8-9,14-15,19H,2-7,10-13H2,1H3,(H,25,27,29);8-9,14-15,19,26H,2-7,10-13H2,1H3,(H,24,27,29). The number of halogens is 1. The number of unbranched alkanes of at least 4 members (excludes halogenated alkanes) is 10. The third kappa shape index (κ3) is 12.7. The summed E-state index contributed by atoms with van der Waals surface area (Å²) in [5, 5.41) is 15.3. The fourth-order valence-electron chi connectivity index (χ4n) is 7.88. The minimum Gasteiger partial charge on any atom is -0.494 e. The Morgan fingerprint density at radius 3 is 1.38 bits per heavy atom. The quantitative estimate of drug-likeness (QED) is 0.0352. The van der Waals surface area contributed by atoms with E-state index in [9.17, 15) is 28.8 Å². The molecule has 4 heterocycles. The summed E-state index contributed by atoms with van der Waals surface area (Å²) in [6.07, 6.45) is 14.5. The normalized spacial score (nSPS) is 16.7. The molecule has 2 atom stereocenters. The Balaban J connectivity index is 0.000000228. The van der Waals surface area contributed by atoms with Gasteiger partial charge in [0.25, 0.3) is 11.1 Å². The SMILES string of the molecule is Cc1cc(=O)n(C2CCC(=O)NC2=O)c2cc(OCCCCCCCCI)ccc12.Cc1cc(=O)n(C2CCC(=O)NC2=O)c2cc(OCCCCCCCCO)ccc12. The Hall–Kier alpha value is -4.57. The van der Waals surface area contributed by atoms with E-state index >= 15 is 0 Å². The van der Waals surface area contributed by atoms with Gasteiger partial charge in [0.05, 0.1) is 24.2 Å². The summed E-state index contributed by atoms with van der Waals surface area (Å²) < 4.78 is 16.1. The van der Waals surface area contributed by atoms with Gasteiger partial charge in [0.1, 0.15) is 23.6 Å². The predicted octanol–water partition coefficient (Wildman–Crippen LogP) is 7.44. The molecule has 0 radical (unpaired) electrons. The van der Waals surface area contributed by atoms with Crippen molar-refractivity contribution in [3.8, 4) is 11.5 Å². The molecule has 14 heteroatoms. The zero-order valence-electron chi connectivity index (χ0n) is 34.9. The van der Waals surface area contributed by atoms with E-state index in [-0.39, 0.29) is 42.4 Å². The number of ether oxygens (including phenoxy) is 2. The largest absolute Gasteiger partial charge is 0.494 e. The van der Waals surface area contributed by atoms with Crippen LogP contribution in [0.4, 0.5) is 0 Å². The molecule has 3 N–H and O–H groups in total. The highest BCUT2D eigenvalue weighted by Crippen LogP contribution is 2.29. The van der Waals surface area contributed by atoms with Crippen molar-refractivity contribution < 1.29 is 33.8 Å². The van der Waals surface area contributed by atoms with Gasteiger partial charge in [-0.25, -0.2) is 0 Å². The highest BCUT2D eigenvalue weighted by Gasteiger charge is 2.31. The molecule has 2 fully saturated rings. The number of hydrogen-bond donors (Lipinski definition) is 3. The molecule has 2 aromatic heterocycles. The van der Waals surface area contributed by atoms with E-state index in [0.717, 1.165) is 73.3 Å². The van der Waals surface area contributed by atoms with Crippen LogP contribution in [-0.2, 0) is 19.2 Å². The van der Waals surface area contributed by atoms with Gasteiger partial charge in [-0.05, 0) is 92.2 Å². The van der Waals surface area contributed by atoms with Crippen LogP contribution in [0.25, 0.3) is 21.8 Å². The molecule has 2 aliphatic heterocycles. The summed E-state index contributed by atoms with van der Waals surface area (Å²) in [7, 11) is 0. The first-order chi connectivity index (χ1) is 29.0. The molecule has 0 aliphatic carbocycles.